The van der Waals surface area contributed by atoms with Crippen molar-refractivity contribution in [2.24, 2.45) is 11.8 Å². The van der Waals surface area contributed by atoms with Crippen LogP contribution in [0.15, 0.2) is 0 Å². The van der Waals surface area contributed by atoms with E-state index in [9.17, 15) is 4.79 Å². The molecule has 0 aliphatic carbocycles. The summed E-state index contributed by atoms with van der Waals surface area (Å²) in [6.07, 6.45) is 2.90. The summed E-state index contributed by atoms with van der Waals surface area (Å²) >= 11 is 0. The lowest BCUT2D eigenvalue weighted by molar-refractivity contribution is -0.458. The number of carbonyl (C=O) groups is 1. The van der Waals surface area contributed by atoms with Gasteiger partial charge < -0.3 is 0 Å². The van der Waals surface area contributed by atoms with Crippen molar-refractivity contribution >= 4 is 11.6 Å². The monoisotopic (exact) mass is 226 g/mol. The van der Waals surface area contributed by atoms with Gasteiger partial charge in [-0.3, -0.25) is 0 Å². The molecule has 0 aromatic rings. The molecule has 0 spiro atoms. The van der Waals surface area contributed by atoms with Gasteiger partial charge in [0, 0.05) is 19.8 Å². The molecule has 16 heavy (non-hydrogen) atoms. The van der Waals surface area contributed by atoms with Gasteiger partial charge in [-0.1, -0.05) is 34.6 Å². The van der Waals surface area contributed by atoms with E-state index in [2.05, 4.69) is 20.8 Å². The van der Waals surface area contributed by atoms with Crippen LogP contribution in [0.3, 0.4) is 0 Å². The molecule has 1 unspecified atom stereocenters. The van der Waals surface area contributed by atoms with Crippen LogP contribution in [0.25, 0.3) is 0 Å². The Kier molecular flexibility index (Phi) is 7.27. The minimum absolute atomic E-state index is 0.282. The van der Waals surface area contributed by atoms with Crippen molar-refractivity contribution in [3.63, 3.8) is 0 Å². The van der Waals surface area contributed by atoms with E-state index in [0.717, 1.165) is 24.8 Å². The van der Waals surface area contributed by atoms with E-state index in [4.69, 9.17) is 0 Å². The average molecular weight is 226 g/mol. The Labute approximate surface area is 101 Å². The number of nitrogens with zero attached hydrogens (tertiary/aromatic N) is 1. The average Bonchev–Trinajstić information content (AvgIpc) is 2.30. The van der Waals surface area contributed by atoms with Crippen LogP contribution in [0, 0.1) is 11.8 Å². The lowest BCUT2D eigenvalue weighted by Crippen LogP contribution is -2.35. The maximum absolute atomic E-state index is 11.6. The van der Waals surface area contributed by atoms with Gasteiger partial charge in [0.05, 0.1) is 6.42 Å². The number of hydrogen-bond acceptors (Lipinski definition) is 1. The molecule has 1 rings (SSSR count). The zero-order valence-corrected chi connectivity index (χ0v) is 11.8. The summed E-state index contributed by atoms with van der Waals surface area (Å²) in [6, 6.07) is 0. The fourth-order valence-electron chi connectivity index (χ4n) is 2.17. The SMILES string of the molecule is CC.CCC(=O)[N+]1=C(C)CC(C(C)C)CC1. The maximum atomic E-state index is 11.6. The second kappa shape index (κ2) is 7.59. The standard InChI is InChI=1S/C12H22NO.C2H6/c1-5-12(14)13-7-6-11(9(2)3)8-10(13)4;1-2/h9,11H,5-8H2,1-4H3;1-2H3/q+1;. The summed E-state index contributed by atoms with van der Waals surface area (Å²) in [7, 11) is 0. The molecule has 0 fully saturated rings. The van der Waals surface area contributed by atoms with Gasteiger partial charge in [-0.2, -0.15) is 4.58 Å². The highest BCUT2D eigenvalue weighted by Gasteiger charge is 2.29. The third-order valence-corrected chi connectivity index (χ3v) is 3.29. The Morgan fingerprint density at radius 2 is 2.00 bits per heavy atom. The molecule has 0 aromatic carbocycles. The van der Waals surface area contributed by atoms with Crippen LogP contribution in [0.2, 0.25) is 0 Å². The number of rotatable bonds is 2. The lowest BCUT2D eigenvalue weighted by Gasteiger charge is -2.23. The zero-order valence-electron chi connectivity index (χ0n) is 11.8. The van der Waals surface area contributed by atoms with E-state index in [-0.39, 0.29) is 5.91 Å². The second-order valence-corrected chi connectivity index (χ2v) is 4.63. The number of hydrogen-bond donors (Lipinski definition) is 0. The first-order valence-corrected chi connectivity index (χ1v) is 6.69. The van der Waals surface area contributed by atoms with Crippen molar-refractivity contribution in [2.45, 2.75) is 60.8 Å². The first-order valence-electron chi connectivity index (χ1n) is 6.69. The fraction of sp³-hybridized carbons (Fsp3) is 0.857. The summed E-state index contributed by atoms with van der Waals surface area (Å²) in [5.74, 6) is 1.80. The molecule has 0 radical (unpaired) electrons. The third-order valence-electron chi connectivity index (χ3n) is 3.29. The van der Waals surface area contributed by atoms with Gasteiger partial charge in [0.25, 0.3) is 0 Å². The number of carbonyl (C=O) groups excluding carboxylic acids is 1. The molecule has 0 saturated heterocycles. The molecule has 2 nitrogen and oxygen atoms in total. The smallest absolute Gasteiger partial charge is 0.220 e. The van der Waals surface area contributed by atoms with E-state index in [1.54, 1.807) is 0 Å². The molecule has 1 aliphatic heterocycles. The fourth-order valence-corrected chi connectivity index (χ4v) is 2.17. The molecule has 0 aromatic heterocycles. The highest BCUT2D eigenvalue weighted by atomic mass is 16.2. The molecule has 1 atom stereocenters. The van der Waals surface area contributed by atoms with E-state index in [0.29, 0.717) is 6.42 Å². The van der Waals surface area contributed by atoms with Crippen molar-refractivity contribution in [3.05, 3.63) is 0 Å². The second-order valence-electron chi connectivity index (χ2n) is 4.63. The van der Waals surface area contributed by atoms with Gasteiger partial charge in [-0.05, 0) is 11.8 Å². The van der Waals surface area contributed by atoms with Crippen molar-refractivity contribution in [2.75, 3.05) is 6.54 Å². The molecule has 1 aliphatic rings. The van der Waals surface area contributed by atoms with E-state index >= 15 is 0 Å². The molecule has 0 N–H and O–H groups in total. The van der Waals surface area contributed by atoms with Gasteiger partial charge in [-0.25, -0.2) is 4.79 Å². The van der Waals surface area contributed by atoms with Gasteiger partial charge in [0.2, 0.25) is 0 Å². The zero-order chi connectivity index (χ0) is 12.7. The summed E-state index contributed by atoms with van der Waals surface area (Å²) in [4.78, 5) is 11.6. The summed E-state index contributed by atoms with van der Waals surface area (Å²) in [6.45, 7) is 13.5. The topological polar surface area (TPSA) is 20.1 Å². The van der Waals surface area contributed by atoms with E-state index < -0.39 is 0 Å². The van der Waals surface area contributed by atoms with Crippen LogP contribution < -0.4 is 0 Å². The molecule has 94 valence electrons. The highest BCUT2D eigenvalue weighted by Crippen LogP contribution is 2.23. The first kappa shape index (κ1) is 15.3. The van der Waals surface area contributed by atoms with Crippen molar-refractivity contribution in [1.82, 2.24) is 0 Å². The quantitative estimate of drug-likeness (QED) is 0.660. The summed E-state index contributed by atoms with van der Waals surface area (Å²) in [5, 5.41) is 0. The largest absolute Gasteiger partial charge is 0.386 e. The van der Waals surface area contributed by atoms with Crippen molar-refractivity contribution in [1.29, 1.82) is 0 Å². The predicted molar refractivity (Wildman–Crippen MR) is 70.0 cm³/mol. The molecule has 1 amide bonds. The Hall–Kier alpha value is -0.660. The molecule has 2 heteroatoms. The summed E-state index contributed by atoms with van der Waals surface area (Å²) < 4.78 is 1.97. The van der Waals surface area contributed by atoms with Gasteiger partial charge >= 0.3 is 5.91 Å². The molecule has 1 heterocycles. The summed E-state index contributed by atoms with van der Waals surface area (Å²) in [5.41, 5.74) is 1.27. The van der Waals surface area contributed by atoms with Crippen LogP contribution in [0.5, 0.6) is 0 Å². The Bertz CT molecular complexity index is 253. The first-order chi connectivity index (χ1) is 7.56. The minimum Gasteiger partial charge on any atom is -0.220 e. The van der Waals surface area contributed by atoms with Crippen molar-refractivity contribution in [3.8, 4) is 0 Å². The maximum Gasteiger partial charge on any atom is 0.386 e. The van der Waals surface area contributed by atoms with Crippen LogP contribution in [-0.4, -0.2) is 22.7 Å². The van der Waals surface area contributed by atoms with Crippen LogP contribution in [-0.2, 0) is 4.79 Å². The van der Waals surface area contributed by atoms with Gasteiger partial charge in [0.1, 0.15) is 0 Å². The number of amides is 1. The van der Waals surface area contributed by atoms with Crippen LogP contribution >= 0.6 is 0 Å². The lowest BCUT2D eigenvalue weighted by atomic mass is 9.85. The molecular formula is C14H28NO+. The Morgan fingerprint density at radius 3 is 2.38 bits per heavy atom. The molecule has 0 saturated carbocycles. The Morgan fingerprint density at radius 1 is 1.44 bits per heavy atom. The third kappa shape index (κ3) is 4.07. The van der Waals surface area contributed by atoms with Crippen LogP contribution in [0.1, 0.15) is 60.8 Å². The van der Waals surface area contributed by atoms with Crippen LogP contribution in [0.4, 0.5) is 0 Å². The van der Waals surface area contributed by atoms with Gasteiger partial charge in [-0.15, -0.1) is 0 Å². The van der Waals surface area contributed by atoms with Crippen molar-refractivity contribution < 1.29 is 9.37 Å². The predicted octanol–water partition coefficient (Wildman–Crippen LogP) is 3.49. The molecular weight excluding hydrogens is 198 g/mol. The highest BCUT2D eigenvalue weighted by molar-refractivity contribution is 5.84. The minimum atomic E-state index is 0.282. The van der Waals surface area contributed by atoms with E-state index in [1.165, 1.54) is 12.1 Å². The van der Waals surface area contributed by atoms with E-state index in [1.807, 2.05) is 25.3 Å². The van der Waals surface area contributed by atoms with Gasteiger partial charge in [0.15, 0.2) is 12.3 Å². The normalized spacial score (nSPS) is 20.6. The molecule has 0 bridgehead atoms. The Balaban J connectivity index is 0.00000106.